The maximum atomic E-state index is 12.7. The monoisotopic (exact) mass is 298 g/mol. The molecule has 120 valence electrons. The van der Waals surface area contributed by atoms with Crippen LogP contribution in [0.5, 0.6) is 0 Å². The number of aliphatic carboxylic acids is 1. The fourth-order valence-corrected chi connectivity index (χ4v) is 3.81. The molecule has 6 heteroatoms. The molecule has 6 nitrogen and oxygen atoms in total. The van der Waals surface area contributed by atoms with Gasteiger partial charge in [-0.15, -0.1) is 0 Å². The fourth-order valence-electron chi connectivity index (χ4n) is 3.81. The zero-order chi connectivity index (χ0) is 16.0. The number of hydrogen-bond donors (Lipinski definition) is 3. The lowest BCUT2D eigenvalue weighted by Crippen LogP contribution is -2.82. The number of carbonyl (C=O) groups excluding carboxylic acids is 1. The maximum Gasteiger partial charge on any atom is 0.326 e. The van der Waals surface area contributed by atoms with E-state index in [0.29, 0.717) is 6.61 Å². The summed E-state index contributed by atoms with van der Waals surface area (Å²) in [5, 5.41) is 11.9. The summed E-state index contributed by atoms with van der Waals surface area (Å²) >= 11 is 0. The lowest BCUT2D eigenvalue weighted by Gasteiger charge is -2.65. The molecule has 4 N–H and O–H groups in total. The van der Waals surface area contributed by atoms with Gasteiger partial charge < -0.3 is 20.9 Å². The number of amides is 1. The predicted molar refractivity (Wildman–Crippen MR) is 77.6 cm³/mol. The average molecular weight is 298 g/mol. The van der Waals surface area contributed by atoms with Crippen molar-refractivity contribution >= 4 is 11.9 Å². The Hall–Kier alpha value is -1.14. The Morgan fingerprint density at radius 2 is 2.00 bits per heavy atom. The summed E-state index contributed by atoms with van der Waals surface area (Å²) in [5.41, 5.74) is 4.88. The number of rotatable bonds is 4. The molecule has 1 saturated carbocycles. The van der Waals surface area contributed by atoms with Crippen LogP contribution in [-0.4, -0.2) is 41.3 Å². The molecule has 0 aromatic carbocycles. The van der Waals surface area contributed by atoms with Gasteiger partial charge in [0.25, 0.3) is 0 Å². The Balaban J connectivity index is 2.19. The van der Waals surface area contributed by atoms with Gasteiger partial charge in [-0.3, -0.25) is 4.79 Å². The molecular weight excluding hydrogens is 272 g/mol. The van der Waals surface area contributed by atoms with Crippen molar-refractivity contribution in [2.45, 2.75) is 58.2 Å². The summed E-state index contributed by atoms with van der Waals surface area (Å²) in [7, 11) is 0. The second-order valence-electron chi connectivity index (χ2n) is 7.16. The van der Waals surface area contributed by atoms with Gasteiger partial charge >= 0.3 is 5.97 Å². The zero-order valence-corrected chi connectivity index (χ0v) is 13.2. The van der Waals surface area contributed by atoms with Crippen LogP contribution in [0.4, 0.5) is 0 Å². The van der Waals surface area contributed by atoms with Gasteiger partial charge in [-0.05, 0) is 18.8 Å². The minimum atomic E-state index is -1.07. The minimum absolute atomic E-state index is 0.0238. The van der Waals surface area contributed by atoms with E-state index in [2.05, 4.69) is 5.32 Å². The van der Waals surface area contributed by atoms with E-state index in [1.54, 1.807) is 13.8 Å². The summed E-state index contributed by atoms with van der Waals surface area (Å²) in [6.45, 7) is 8.07. The van der Waals surface area contributed by atoms with Crippen LogP contribution in [0.3, 0.4) is 0 Å². The first-order valence-electron chi connectivity index (χ1n) is 7.58. The molecule has 4 atom stereocenters. The SMILES string of the molecule is CC(C)[C@@H](NC(=O)C1(N)C2CCCOC2C1(C)C)C(=O)O. The van der Waals surface area contributed by atoms with Gasteiger partial charge in [0, 0.05) is 17.9 Å². The van der Waals surface area contributed by atoms with Crippen LogP contribution < -0.4 is 11.1 Å². The van der Waals surface area contributed by atoms with E-state index in [4.69, 9.17) is 10.5 Å². The van der Waals surface area contributed by atoms with Crippen molar-refractivity contribution in [2.24, 2.45) is 23.0 Å². The van der Waals surface area contributed by atoms with Crippen LogP contribution in [0.2, 0.25) is 0 Å². The number of nitrogens with one attached hydrogen (secondary N) is 1. The molecule has 1 aliphatic carbocycles. The Kier molecular flexibility index (Phi) is 4.06. The summed E-state index contributed by atoms with van der Waals surface area (Å²) in [6, 6.07) is -0.919. The standard InChI is InChI=1S/C15H26N2O4/c1-8(2)10(12(18)19)17-13(20)15(16)9-6-5-7-21-11(9)14(15,3)4/h8-11H,5-7,16H2,1-4H3,(H,17,20)(H,18,19)/t9?,10-,11?,15?/m1/s1. The Bertz CT molecular complexity index is 449. The number of ether oxygens (including phenoxy) is 1. The molecule has 1 saturated heterocycles. The molecule has 1 amide bonds. The minimum Gasteiger partial charge on any atom is -0.480 e. The highest BCUT2D eigenvalue weighted by molar-refractivity contribution is 5.92. The molecule has 0 radical (unpaired) electrons. The lowest BCUT2D eigenvalue weighted by atomic mass is 9.46. The Labute approximate surface area is 125 Å². The van der Waals surface area contributed by atoms with Gasteiger partial charge in [0.05, 0.1) is 6.10 Å². The first-order chi connectivity index (χ1) is 9.64. The number of carboxylic acid groups (broad SMARTS) is 1. The number of nitrogens with two attached hydrogens (primary N) is 1. The summed E-state index contributed by atoms with van der Waals surface area (Å²) in [4.78, 5) is 24.0. The lowest BCUT2D eigenvalue weighted by molar-refractivity contribution is -0.225. The Morgan fingerprint density at radius 3 is 2.52 bits per heavy atom. The molecule has 21 heavy (non-hydrogen) atoms. The second-order valence-corrected chi connectivity index (χ2v) is 7.16. The van der Waals surface area contributed by atoms with Crippen molar-refractivity contribution in [1.82, 2.24) is 5.32 Å². The maximum absolute atomic E-state index is 12.7. The molecule has 0 spiro atoms. The fraction of sp³-hybridized carbons (Fsp3) is 0.867. The first kappa shape index (κ1) is 16.2. The van der Waals surface area contributed by atoms with Crippen molar-refractivity contribution in [1.29, 1.82) is 0 Å². The van der Waals surface area contributed by atoms with E-state index in [1.165, 1.54) is 0 Å². The van der Waals surface area contributed by atoms with Gasteiger partial charge in [-0.25, -0.2) is 4.79 Å². The predicted octanol–water partition coefficient (Wildman–Crippen LogP) is 0.744. The quantitative estimate of drug-likeness (QED) is 0.710. The van der Waals surface area contributed by atoms with Gasteiger partial charge in [-0.1, -0.05) is 27.7 Å². The van der Waals surface area contributed by atoms with E-state index < -0.39 is 23.0 Å². The number of carbonyl (C=O) groups is 2. The smallest absolute Gasteiger partial charge is 0.326 e. The highest BCUT2D eigenvalue weighted by atomic mass is 16.5. The van der Waals surface area contributed by atoms with E-state index in [-0.39, 0.29) is 23.8 Å². The summed E-state index contributed by atoms with van der Waals surface area (Å²) in [6.07, 6.45) is 1.71. The molecule has 0 bridgehead atoms. The van der Waals surface area contributed by atoms with Crippen molar-refractivity contribution in [3.05, 3.63) is 0 Å². The van der Waals surface area contributed by atoms with Crippen molar-refractivity contribution in [3.8, 4) is 0 Å². The summed E-state index contributed by atoms with van der Waals surface area (Å²) < 4.78 is 5.76. The van der Waals surface area contributed by atoms with Crippen molar-refractivity contribution in [3.63, 3.8) is 0 Å². The van der Waals surface area contributed by atoms with E-state index in [1.807, 2.05) is 13.8 Å². The highest BCUT2D eigenvalue weighted by Gasteiger charge is 2.70. The van der Waals surface area contributed by atoms with E-state index in [9.17, 15) is 14.7 Å². The largest absolute Gasteiger partial charge is 0.480 e. The molecule has 0 aromatic heterocycles. The molecule has 1 heterocycles. The molecule has 1 aliphatic heterocycles. The topological polar surface area (TPSA) is 102 Å². The molecule has 2 fully saturated rings. The molecule has 0 aromatic rings. The van der Waals surface area contributed by atoms with Crippen molar-refractivity contribution in [2.75, 3.05) is 6.61 Å². The van der Waals surface area contributed by atoms with E-state index >= 15 is 0 Å². The number of carboxylic acids is 1. The zero-order valence-electron chi connectivity index (χ0n) is 13.2. The van der Waals surface area contributed by atoms with Crippen LogP contribution in [0.15, 0.2) is 0 Å². The number of fused-ring (bicyclic) bond motifs is 1. The van der Waals surface area contributed by atoms with Gasteiger partial charge in [0.15, 0.2) is 0 Å². The average Bonchev–Trinajstić information content (AvgIpc) is 2.42. The molecule has 2 rings (SSSR count). The Morgan fingerprint density at radius 1 is 1.38 bits per heavy atom. The third kappa shape index (κ3) is 2.25. The summed E-state index contributed by atoms with van der Waals surface area (Å²) in [5.74, 6) is -1.64. The van der Waals surface area contributed by atoms with Crippen molar-refractivity contribution < 1.29 is 19.4 Å². The van der Waals surface area contributed by atoms with Gasteiger partial charge in [-0.2, -0.15) is 0 Å². The van der Waals surface area contributed by atoms with Gasteiger partial charge in [0.1, 0.15) is 11.6 Å². The van der Waals surface area contributed by atoms with Gasteiger partial charge in [0.2, 0.25) is 5.91 Å². The molecule has 2 aliphatic rings. The normalized spacial score (nSPS) is 35.5. The highest BCUT2D eigenvalue weighted by Crippen LogP contribution is 2.57. The first-order valence-corrected chi connectivity index (χ1v) is 7.58. The second kappa shape index (κ2) is 5.25. The van der Waals surface area contributed by atoms with Crippen LogP contribution >= 0.6 is 0 Å². The van der Waals surface area contributed by atoms with Crippen LogP contribution in [-0.2, 0) is 14.3 Å². The van der Waals surface area contributed by atoms with E-state index in [0.717, 1.165) is 12.8 Å². The molecular formula is C15H26N2O4. The van der Waals surface area contributed by atoms with Crippen LogP contribution in [0.25, 0.3) is 0 Å². The third-order valence-corrected chi connectivity index (χ3v) is 5.28. The molecule has 3 unspecified atom stereocenters. The van der Waals surface area contributed by atoms with Crippen LogP contribution in [0.1, 0.15) is 40.5 Å². The number of hydrogen-bond acceptors (Lipinski definition) is 4. The van der Waals surface area contributed by atoms with Crippen LogP contribution in [0, 0.1) is 17.3 Å². The third-order valence-electron chi connectivity index (χ3n) is 5.28.